The molecule has 1 aliphatic carbocycles. The van der Waals surface area contributed by atoms with E-state index in [-0.39, 0.29) is 0 Å². The second-order valence-corrected chi connectivity index (χ2v) is 7.00. The average molecular weight is 294 g/mol. The third kappa shape index (κ3) is 3.00. The fraction of sp³-hybridized carbons (Fsp3) is 0.786. The number of hydrogen-bond acceptors (Lipinski definition) is 4. The lowest BCUT2D eigenvalue weighted by molar-refractivity contribution is -0.133. The monoisotopic (exact) mass is 294 g/mol. The van der Waals surface area contributed by atoms with Crippen molar-refractivity contribution >= 4 is 17.7 Å². The first-order chi connectivity index (χ1) is 9.72. The summed E-state index contributed by atoms with van der Waals surface area (Å²) in [5, 5.41) is 6.86. The van der Waals surface area contributed by atoms with Gasteiger partial charge in [-0.3, -0.25) is 9.89 Å². The third-order valence-electron chi connectivity index (χ3n) is 4.60. The Bertz CT molecular complexity index is 450. The van der Waals surface area contributed by atoms with Crippen molar-refractivity contribution in [2.45, 2.75) is 38.0 Å². The molecular formula is C14H22N4OS. The quantitative estimate of drug-likeness (QED) is 0.903. The molecule has 6 heteroatoms. The van der Waals surface area contributed by atoms with Gasteiger partial charge in [-0.25, -0.2) is 4.98 Å². The molecule has 2 heterocycles. The first-order valence-corrected chi connectivity index (χ1v) is 8.74. The summed E-state index contributed by atoms with van der Waals surface area (Å²) in [5.41, 5.74) is 0.332. The Balaban J connectivity index is 1.49. The Morgan fingerprint density at radius 1 is 1.50 bits per heavy atom. The Hall–Kier alpha value is -1.04. The summed E-state index contributed by atoms with van der Waals surface area (Å²) in [6.45, 7) is 1.72. The normalized spacial score (nSPS) is 21.9. The fourth-order valence-corrected chi connectivity index (χ4v) is 4.10. The van der Waals surface area contributed by atoms with Crippen molar-refractivity contribution < 1.29 is 4.79 Å². The van der Waals surface area contributed by atoms with E-state index in [4.69, 9.17) is 0 Å². The van der Waals surface area contributed by atoms with Crippen LogP contribution < -0.4 is 0 Å². The van der Waals surface area contributed by atoms with Gasteiger partial charge in [-0.05, 0) is 43.1 Å². The highest BCUT2D eigenvalue weighted by Crippen LogP contribution is 2.51. The summed E-state index contributed by atoms with van der Waals surface area (Å²) >= 11 is 1.87. The first kappa shape index (κ1) is 13.9. The summed E-state index contributed by atoms with van der Waals surface area (Å²) in [5.74, 6) is 2.89. The maximum atomic E-state index is 12.4. The van der Waals surface area contributed by atoms with Crippen molar-refractivity contribution in [2.75, 3.05) is 25.1 Å². The molecule has 1 aromatic heterocycles. The molecule has 0 spiro atoms. The van der Waals surface area contributed by atoms with Crippen LogP contribution in [0.3, 0.4) is 0 Å². The van der Waals surface area contributed by atoms with Gasteiger partial charge < -0.3 is 4.90 Å². The molecule has 1 amide bonds. The largest absolute Gasteiger partial charge is 0.343 e. The van der Waals surface area contributed by atoms with Crippen LogP contribution in [0.5, 0.6) is 0 Å². The topological polar surface area (TPSA) is 61.9 Å². The lowest BCUT2D eigenvalue weighted by Gasteiger charge is -2.32. The fourth-order valence-electron chi connectivity index (χ4n) is 3.10. The van der Waals surface area contributed by atoms with Crippen LogP contribution >= 0.6 is 11.8 Å². The van der Waals surface area contributed by atoms with Crippen LogP contribution in [0.4, 0.5) is 0 Å². The minimum Gasteiger partial charge on any atom is -0.343 e. The van der Waals surface area contributed by atoms with Crippen LogP contribution in [0.15, 0.2) is 6.33 Å². The van der Waals surface area contributed by atoms with E-state index in [0.29, 0.717) is 17.2 Å². The second-order valence-electron chi connectivity index (χ2n) is 6.14. The van der Waals surface area contributed by atoms with Crippen LogP contribution in [0.1, 0.15) is 43.8 Å². The Labute approximate surface area is 123 Å². The molecule has 1 N–H and O–H groups in total. The molecule has 0 bridgehead atoms. The molecule has 1 saturated carbocycles. The van der Waals surface area contributed by atoms with Crippen molar-refractivity contribution in [1.82, 2.24) is 20.1 Å². The predicted octanol–water partition coefficient (Wildman–Crippen LogP) is 2.04. The predicted molar refractivity (Wildman–Crippen MR) is 79.6 cm³/mol. The molecule has 110 valence electrons. The highest BCUT2D eigenvalue weighted by atomic mass is 32.2. The molecule has 2 fully saturated rings. The Kier molecular flexibility index (Phi) is 4.01. The molecule has 5 nitrogen and oxygen atoms in total. The number of nitrogens with zero attached hydrogens (tertiary/aromatic N) is 3. The number of carbonyl (C=O) groups is 1. The SMILES string of the molecule is CSCC1(CC(=O)N2CCC(c3ncn[nH]3)CC2)CC1. The van der Waals surface area contributed by atoms with Crippen molar-refractivity contribution in [3.05, 3.63) is 12.2 Å². The van der Waals surface area contributed by atoms with Gasteiger partial charge in [0.1, 0.15) is 12.2 Å². The Morgan fingerprint density at radius 2 is 2.25 bits per heavy atom. The van der Waals surface area contributed by atoms with Gasteiger partial charge in [-0.15, -0.1) is 0 Å². The average Bonchev–Trinajstić information content (AvgIpc) is 3.01. The number of aromatic nitrogens is 3. The second kappa shape index (κ2) is 5.76. The lowest BCUT2D eigenvalue weighted by atomic mass is 9.95. The van der Waals surface area contributed by atoms with Crippen molar-refractivity contribution in [1.29, 1.82) is 0 Å². The van der Waals surface area contributed by atoms with Crippen molar-refractivity contribution in [3.63, 3.8) is 0 Å². The summed E-state index contributed by atoms with van der Waals surface area (Å²) in [6.07, 6.45) is 8.90. The standard InChI is InChI=1S/C14H22N4OS/c1-20-9-14(4-5-14)8-12(19)18-6-2-11(3-7-18)13-15-10-16-17-13/h10-11H,2-9H2,1H3,(H,15,16,17). The molecule has 1 aliphatic heterocycles. The van der Waals surface area contributed by atoms with Gasteiger partial charge in [-0.1, -0.05) is 0 Å². The summed E-state index contributed by atoms with van der Waals surface area (Å²) < 4.78 is 0. The number of nitrogens with one attached hydrogen (secondary N) is 1. The van der Waals surface area contributed by atoms with E-state index in [0.717, 1.165) is 43.9 Å². The highest BCUT2D eigenvalue weighted by molar-refractivity contribution is 7.98. The zero-order valence-electron chi connectivity index (χ0n) is 12.0. The molecule has 2 aliphatic rings. The van der Waals surface area contributed by atoms with E-state index >= 15 is 0 Å². The van der Waals surface area contributed by atoms with Crippen molar-refractivity contribution in [3.8, 4) is 0 Å². The number of aromatic amines is 1. The van der Waals surface area contributed by atoms with Gasteiger partial charge in [0.2, 0.25) is 5.91 Å². The molecule has 0 aromatic carbocycles. The van der Waals surface area contributed by atoms with E-state index < -0.39 is 0 Å². The highest BCUT2D eigenvalue weighted by Gasteiger charge is 2.44. The van der Waals surface area contributed by atoms with E-state index in [1.807, 2.05) is 16.7 Å². The van der Waals surface area contributed by atoms with Gasteiger partial charge in [0, 0.05) is 25.4 Å². The number of rotatable bonds is 5. The zero-order chi connectivity index (χ0) is 14.0. The number of likely N-dealkylation sites (tertiary alicyclic amines) is 1. The molecule has 0 radical (unpaired) electrons. The first-order valence-electron chi connectivity index (χ1n) is 7.34. The molecule has 0 atom stereocenters. The van der Waals surface area contributed by atoms with Crippen LogP contribution in [0.2, 0.25) is 0 Å². The molecule has 0 unspecified atom stereocenters. The number of hydrogen-bond donors (Lipinski definition) is 1. The molecule has 3 rings (SSSR count). The van der Waals surface area contributed by atoms with Gasteiger partial charge in [-0.2, -0.15) is 16.9 Å². The molecular weight excluding hydrogens is 272 g/mol. The lowest BCUT2D eigenvalue weighted by Crippen LogP contribution is -2.39. The number of amides is 1. The van der Waals surface area contributed by atoms with Gasteiger partial charge >= 0.3 is 0 Å². The van der Waals surface area contributed by atoms with E-state index in [9.17, 15) is 4.79 Å². The van der Waals surface area contributed by atoms with E-state index in [1.165, 1.54) is 12.8 Å². The molecule has 20 heavy (non-hydrogen) atoms. The van der Waals surface area contributed by atoms with Crippen LogP contribution in [0, 0.1) is 5.41 Å². The van der Waals surface area contributed by atoms with Crippen LogP contribution in [-0.4, -0.2) is 51.1 Å². The number of carbonyl (C=O) groups excluding carboxylic acids is 1. The number of piperidine rings is 1. The van der Waals surface area contributed by atoms with E-state index in [2.05, 4.69) is 21.4 Å². The van der Waals surface area contributed by atoms with Gasteiger partial charge in [0.05, 0.1) is 0 Å². The zero-order valence-corrected chi connectivity index (χ0v) is 12.8. The summed E-state index contributed by atoms with van der Waals surface area (Å²) in [7, 11) is 0. The minimum absolute atomic E-state index is 0.332. The number of H-pyrrole nitrogens is 1. The molecule has 1 aromatic rings. The smallest absolute Gasteiger partial charge is 0.223 e. The maximum absolute atomic E-state index is 12.4. The van der Waals surface area contributed by atoms with Crippen LogP contribution in [0.25, 0.3) is 0 Å². The summed E-state index contributed by atoms with van der Waals surface area (Å²) in [6, 6.07) is 0. The maximum Gasteiger partial charge on any atom is 0.223 e. The number of thioether (sulfide) groups is 1. The van der Waals surface area contributed by atoms with Gasteiger partial charge in [0.25, 0.3) is 0 Å². The minimum atomic E-state index is 0.332. The van der Waals surface area contributed by atoms with Crippen LogP contribution in [-0.2, 0) is 4.79 Å². The van der Waals surface area contributed by atoms with Crippen molar-refractivity contribution in [2.24, 2.45) is 5.41 Å². The third-order valence-corrected chi connectivity index (χ3v) is 5.50. The van der Waals surface area contributed by atoms with Gasteiger partial charge in [0.15, 0.2) is 0 Å². The Morgan fingerprint density at radius 3 is 2.80 bits per heavy atom. The molecule has 1 saturated heterocycles. The van der Waals surface area contributed by atoms with E-state index in [1.54, 1.807) is 6.33 Å². The summed E-state index contributed by atoms with van der Waals surface area (Å²) in [4.78, 5) is 18.7.